The van der Waals surface area contributed by atoms with Crippen LogP contribution in [0.3, 0.4) is 0 Å². The first-order valence-electron chi connectivity index (χ1n) is 5.94. The molecular formula is C15H13ClF2O2. The Bertz CT molecular complexity index is 602. The zero-order chi connectivity index (χ0) is 14.5. The van der Waals surface area contributed by atoms with Crippen LogP contribution in [0, 0.1) is 11.6 Å². The van der Waals surface area contributed by atoms with E-state index in [0.29, 0.717) is 11.5 Å². The van der Waals surface area contributed by atoms with Crippen LogP contribution in [0.5, 0.6) is 11.5 Å². The first kappa shape index (κ1) is 14.6. The van der Waals surface area contributed by atoms with Crippen molar-refractivity contribution in [3.63, 3.8) is 0 Å². The molecule has 0 spiro atoms. The highest BCUT2D eigenvalue weighted by molar-refractivity contribution is 6.17. The third kappa shape index (κ3) is 3.20. The summed E-state index contributed by atoms with van der Waals surface area (Å²) in [5.41, 5.74) is 0.879. The van der Waals surface area contributed by atoms with Crippen LogP contribution in [0.2, 0.25) is 0 Å². The third-order valence-corrected chi connectivity index (χ3v) is 3.11. The Morgan fingerprint density at radius 3 is 2.60 bits per heavy atom. The second kappa shape index (κ2) is 6.57. The molecule has 0 fully saturated rings. The number of alkyl halides is 1. The van der Waals surface area contributed by atoms with Crippen molar-refractivity contribution in [2.75, 3.05) is 7.11 Å². The molecule has 2 aromatic carbocycles. The maximum absolute atomic E-state index is 13.5. The van der Waals surface area contributed by atoms with Crippen molar-refractivity contribution in [3.05, 3.63) is 59.2 Å². The number of methoxy groups -OCH3 is 1. The van der Waals surface area contributed by atoms with Gasteiger partial charge in [0.1, 0.15) is 18.1 Å². The molecule has 20 heavy (non-hydrogen) atoms. The minimum atomic E-state index is -0.895. The molecular weight excluding hydrogens is 286 g/mol. The van der Waals surface area contributed by atoms with Gasteiger partial charge in [-0.05, 0) is 24.3 Å². The minimum Gasteiger partial charge on any atom is -0.497 e. The predicted molar refractivity (Wildman–Crippen MR) is 73.2 cm³/mol. The van der Waals surface area contributed by atoms with Crippen LogP contribution in [0.15, 0.2) is 36.4 Å². The van der Waals surface area contributed by atoms with Crippen LogP contribution in [-0.2, 0) is 12.5 Å². The van der Waals surface area contributed by atoms with E-state index in [1.807, 2.05) is 0 Å². The van der Waals surface area contributed by atoms with Crippen molar-refractivity contribution in [1.82, 2.24) is 0 Å². The number of ether oxygens (including phenoxy) is 2. The van der Waals surface area contributed by atoms with E-state index < -0.39 is 11.6 Å². The first-order valence-corrected chi connectivity index (χ1v) is 6.47. The van der Waals surface area contributed by atoms with Gasteiger partial charge in [0, 0.05) is 11.1 Å². The highest BCUT2D eigenvalue weighted by Gasteiger charge is 2.10. The number of hydrogen-bond donors (Lipinski definition) is 0. The van der Waals surface area contributed by atoms with Gasteiger partial charge in [-0.25, -0.2) is 8.78 Å². The van der Waals surface area contributed by atoms with Gasteiger partial charge in [0.2, 0.25) is 0 Å². The van der Waals surface area contributed by atoms with Gasteiger partial charge in [0.25, 0.3) is 0 Å². The lowest BCUT2D eigenvalue weighted by Crippen LogP contribution is -2.02. The summed E-state index contributed by atoms with van der Waals surface area (Å²) in [6.45, 7) is -0.0696. The van der Waals surface area contributed by atoms with Gasteiger partial charge in [-0.3, -0.25) is 0 Å². The molecule has 2 rings (SSSR count). The minimum absolute atomic E-state index is 0.0696. The second-order valence-electron chi connectivity index (χ2n) is 4.11. The number of halogens is 3. The van der Waals surface area contributed by atoms with Crippen molar-refractivity contribution in [1.29, 1.82) is 0 Å². The molecule has 0 radical (unpaired) electrons. The lowest BCUT2D eigenvalue weighted by molar-refractivity contribution is 0.294. The van der Waals surface area contributed by atoms with Crippen LogP contribution in [0.25, 0.3) is 0 Å². The Morgan fingerprint density at radius 1 is 1.10 bits per heavy atom. The van der Waals surface area contributed by atoms with E-state index >= 15 is 0 Å². The monoisotopic (exact) mass is 298 g/mol. The molecule has 0 unspecified atom stereocenters. The molecule has 0 saturated heterocycles. The van der Waals surface area contributed by atoms with Crippen LogP contribution in [0.4, 0.5) is 8.78 Å². The van der Waals surface area contributed by atoms with Crippen molar-refractivity contribution >= 4 is 11.6 Å². The summed E-state index contributed by atoms with van der Waals surface area (Å²) in [4.78, 5) is 0. The van der Waals surface area contributed by atoms with E-state index in [0.717, 1.165) is 11.6 Å². The molecule has 0 aliphatic rings. The largest absolute Gasteiger partial charge is 0.497 e. The van der Waals surface area contributed by atoms with Gasteiger partial charge in [0.05, 0.1) is 13.0 Å². The molecule has 2 nitrogen and oxygen atoms in total. The predicted octanol–water partition coefficient (Wildman–Crippen LogP) is 4.29. The van der Waals surface area contributed by atoms with Gasteiger partial charge in [0.15, 0.2) is 11.6 Å². The summed E-state index contributed by atoms with van der Waals surface area (Å²) in [6, 6.07) is 9.12. The topological polar surface area (TPSA) is 18.5 Å². The quantitative estimate of drug-likeness (QED) is 0.767. The van der Waals surface area contributed by atoms with Crippen molar-refractivity contribution in [2.24, 2.45) is 0 Å². The van der Waals surface area contributed by atoms with Crippen LogP contribution in [-0.4, -0.2) is 7.11 Å². The zero-order valence-electron chi connectivity index (χ0n) is 10.8. The highest BCUT2D eigenvalue weighted by atomic mass is 35.5. The Kier molecular flexibility index (Phi) is 4.79. The van der Waals surface area contributed by atoms with Gasteiger partial charge >= 0.3 is 0 Å². The molecule has 0 amide bonds. The number of benzene rings is 2. The molecule has 0 N–H and O–H groups in total. The fourth-order valence-corrected chi connectivity index (χ4v) is 1.95. The Morgan fingerprint density at radius 2 is 1.90 bits per heavy atom. The summed E-state index contributed by atoms with van der Waals surface area (Å²) < 4.78 is 37.2. The Labute approximate surface area is 120 Å². The van der Waals surface area contributed by atoms with Gasteiger partial charge in [-0.15, -0.1) is 11.6 Å². The van der Waals surface area contributed by atoms with E-state index in [2.05, 4.69) is 0 Å². The molecule has 0 saturated carbocycles. The molecule has 106 valence electrons. The second-order valence-corrected chi connectivity index (χ2v) is 4.38. The molecule has 5 heteroatoms. The maximum atomic E-state index is 13.5. The maximum Gasteiger partial charge on any atom is 0.165 e. The number of hydrogen-bond acceptors (Lipinski definition) is 2. The first-order chi connectivity index (χ1) is 9.65. The van der Waals surface area contributed by atoms with Crippen molar-refractivity contribution < 1.29 is 18.3 Å². The molecule has 0 bridgehead atoms. The summed E-state index contributed by atoms with van der Waals surface area (Å²) in [5, 5.41) is 0. The lowest BCUT2D eigenvalue weighted by atomic mass is 10.2. The molecule has 0 aliphatic carbocycles. The normalized spacial score (nSPS) is 10.4. The highest BCUT2D eigenvalue weighted by Crippen LogP contribution is 2.26. The van der Waals surface area contributed by atoms with E-state index in [1.54, 1.807) is 25.3 Å². The average molecular weight is 299 g/mol. The molecule has 0 heterocycles. The van der Waals surface area contributed by atoms with Crippen molar-refractivity contribution in [2.45, 2.75) is 12.5 Å². The average Bonchev–Trinajstić information content (AvgIpc) is 2.48. The Hall–Kier alpha value is -1.81. The third-order valence-electron chi connectivity index (χ3n) is 2.83. The van der Waals surface area contributed by atoms with E-state index in [-0.39, 0.29) is 18.1 Å². The summed E-state index contributed by atoms with van der Waals surface area (Å²) in [6.07, 6.45) is 0. The van der Waals surface area contributed by atoms with E-state index in [1.165, 1.54) is 12.1 Å². The molecule has 0 aliphatic heterocycles. The molecule has 0 aromatic heterocycles. The number of rotatable bonds is 5. The fraction of sp³-hybridized carbons (Fsp3) is 0.200. The summed E-state index contributed by atoms with van der Waals surface area (Å²) in [5.74, 6) is -0.376. The SMILES string of the molecule is COc1ccc(OCc2cccc(F)c2F)c(CCl)c1. The van der Waals surface area contributed by atoms with E-state index in [4.69, 9.17) is 21.1 Å². The van der Waals surface area contributed by atoms with E-state index in [9.17, 15) is 8.78 Å². The van der Waals surface area contributed by atoms with Gasteiger partial charge < -0.3 is 9.47 Å². The summed E-state index contributed by atoms with van der Waals surface area (Å²) >= 11 is 5.83. The lowest BCUT2D eigenvalue weighted by Gasteiger charge is -2.12. The van der Waals surface area contributed by atoms with Crippen LogP contribution < -0.4 is 9.47 Å². The van der Waals surface area contributed by atoms with Gasteiger partial charge in [-0.1, -0.05) is 12.1 Å². The molecule has 0 atom stereocenters. The van der Waals surface area contributed by atoms with Crippen molar-refractivity contribution in [3.8, 4) is 11.5 Å². The summed E-state index contributed by atoms with van der Waals surface area (Å²) in [7, 11) is 1.55. The molecule has 2 aromatic rings. The standard InChI is InChI=1S/C15H13ClF2O2/c1-19-12-5-6-14(11(7-12)8-16)20-9-10-3-2-4-13(17)15(10)18/h2-7H,8-9H2,1H3. The van der Waals surface area contributed by atoms with Crippen LogP contribution >= 0.6 is 11.6 Å². The zero-order valence-corrected chi connectivity index (χ0v) is 11.6. The Balaban J connectivity index is 2.16. The smallest absolute Gasteiger partial charge is 0.165 e. The van der Waals surface area contributed by atoms with Crippen LogP contribution in [0.1, 0.15) is 11.1 Å². The fourth-order valence-electron chi connectivity index (χ4n) is 1.74. The van der Waals surface area contributed by atoms with Gasteiger partial charge in [-0.2, -0.15) is 0 Å².